The minimum absolute atomic E-state index is 0.0265. The quantitative estimate of drug-likeness (QED) is 0.923. The highest BCUT2D eigenvalue weighted by atomic mass is 35.5. The highest BCUT2D eigenvalue weighted by molar-refractivity contribution is 7.90. The molecule has 0 atom stereocenters. The van der Waals surface area contributed by atoms with Crippen LogP contribution < -0.4 is 5.32 Å². The van der Waals surface area contributed by atoms with Gasteiger partial charge in [-0.3, -0.25) is 4.79 Å². The van der Waals surface area contributed by atoms with E-state index in [2.05, 4.69) is 5.32 Å². The van der Waals surface area contributed by atoms with Gasteiger partial charge in [0.15, 0.2) is 9.84 Å². The molecule has 4 nitrogen and oxygen atoms in total. The van der Waals surface area contributed by atoms with Crippen LogP contribution in [0.5, 0.6) is 0 Å². The van der Waals surface area contributed by atoms with Crippen molar-refractivity contribution in [2.75, 3.05) is 12.8 Å². The number of hydrogen-bond acceptors (Lipinski definition) is 3. The van der Waals surface area contributed by atoms with Crippen LogP contribution in [-0.4, -0.2) is 27.1 Å². The molecule has 0 saturated carbocycles. The van der Waals surface area contributed by atoms with Gasteiger partial charge in [0, 0.05) is 18.4 Å². The van der Waals surface area contributed by atoms with E-state index in [-0.39, 0.29) is 15.8 Å². The molecule has 6 heteroatoms. The largest absolute Gasteiger partial charge is 0.352 e. The summed E-state index contributed by atoms with van der Waals surface area (Å²) in [7, 11) is -3.43. The first-order chi connectivity index (χ1) is 8.21. The van der Waals surface area contributed by atoms with Crippen molar-refractivity contribution in [3.63, 3.8) is 0 Å². The van der Waals surface area contributed by atoms with Crippen LogP contribution in [0.15, 0.2) is 23.1 Å². The molecule has 0 bridgehead atoms. The molecule has 1 amide bonds. The van der Waals surface area contributed by atoms with Gasteiger partial charge in [-0.05, 0) is 24.1 Å². The average molecular weight is 290 g/mol. The minimum atomic E-state index is -3.43. The predicted molar refractivity (Wildman–Crippen MR) is 71.7 cm³/mol. The van der Waals surface area contributed by atoms with Gasteiger partial charge in [0.1, 0.15) is 0 Å². The Kier molecular flexibility index (Phi) is 4.76. The maximum absolute atomic E-state index is 11.8. The molecule has 0 aliphatic heterocycles. The second-order valence-corrected chi connectivity index (χ2v) is 6.91. The Labute approximate surface area is 112 Å². The third-order valence-corrected chi connectivity index (χ3v) is 3.84. The molecule has 1 rings (SSSR count). The van der Waals surface area contributed by atoms with Gasteiger partial charge in [-0.15, -0.1) is 0 Å². The average Bonchev–Trinajstić information content (AvgIpc) is 2.24. The van der Waals surface area contributed by atoms with E-state index in [1.54, 1.807) is 0 Å². The minimum Gasteiger partial charge on any atom is -0.352 e. The fraction of sp³-hybridized carbons (Fsp3) is 0.417. The zero-order valence-corrected chi connectivity index (χ0v) is 12.1. The fourth-order valence-corrected chi connectivity index (χ4v) is 2.63. The molecule has 0 spiro atoms. The number of sulfone groups is 1. The maximum Gasteiger partial charge on any atom is 0.251 e. The van der Waals surface area contributed by atoms with Crippen molar-refractivity contribution in [1.29, 1.82) is 0 Å². The lowest BCUT2D eigenvalue weighted by molar-refractivity contribution is 0.0949. The molecule has 0 radical (unpaired) electrons. The predicted octanol–water partition coefficient (Wildman–Crippen LogP) is 2.13. The molecule has 1 aromatic carbocycles. The Morgan fingerprint density at radius 3 is 2.50 bits per heavy atom. The number of rotatable bonds is 4. The molecule has 0 heterocycles. The Morgan fingerprint density at radius 2 is 2.00 bits per heavy atom. The summed E-state index contributed by atoms with van der Waals surface area (Å²) < 4.78 is 23.0. The molecule has 0 aliphatic carbocycles. The van der Waals surface area contributed by atoms with Crippen molar-refractivity contribution >= 4 is 27.3 Å². The Balaban J connectivity index is 3.02. The molecule has 18 heavy (non-hydrogen) atoms. The summed E-state index contributed by atoms with van der Waals surface area (Å²) in [5.74, 6) is 0.0286. The van der Waals surface area contributed by atoms with E-state index < -0.39 is 9.84 Å². The third-order valence-electron chi connectivity index (χ3n) is 2.26. The van der Waals surface area contributed by atoms with Crippen LogP contribution in [0.4, 0.5) is 0 Å². The smallest absolute Gasteiger partial charge is 0.251 e. The van der Waals surface area contributed by atoms with Crippen LogP contribution in [0, 0.1) is 5.92 Å². The molecule has 0 fully saturated rings. The van der Waals surface area contributed by atoms with Gasteiger partial charge in [0.05, 0.1) is 9.92 Å². The van der Waals surface area contributed by atoms with E-state index in [4.69, 9.17) is 11.6 Å². The zero-order chi connectivity index (χ0) is 13.9. The first-order valence-electron chi connectivity index (χ1n) is 5.49. The first kappa shape index (κ1) is 15.0. The van der Waals surface area contributed by atoms with Crippen LogP contribution in [-0.2, 0) is 9.84 Å². The van der Waals surface area contributed by atoms with E-state index in [9.17, 15) is 13.2 Å². The topological polar surface area (TPSA) is 63.2 Å². The number of amides is 1. The maximum atomic E-state index is 11.8. The number of hydrogen-bond donors (Lipinski definition) is 1. The van der Waals surface area contributed by atoms with Gasteiger partial charge in [-0.25, -0.2) is 8.42 Å². The highest BCUT2D eigenvalue weighted by Gasteiger charge is 2.15. The number of nitrogens with one attached hydrogen (secondary N) is 1. The summed E-state index contributed by atoms with van der Waals surface area (Å²) in [4.78, 5) is 11.8. The van der Waals surface area contributed by atoms with Crippen LogP contribution in [0.25, 0.3) is 0 Å². The van der Waals surface area contributed by atoms with E-state index >= 15 is 0 Å². The normalized spacial score (nSPS) is 11.6. The lowest BCUT2D eigenvalue weighted by Crippen LogP contribution is -2.27. The Morgan fingerprint density at radius 1 is 1.39 bits per heavy atom. The Bertz CT molecular complexity index is 552. The lowest BCUT2D eigenvalue weighted by Gasteiger charge is -2.09. The van der Waals surface area contributed by atoms with Crippen molar-refractivity contribution in [2.45, 2.75) is 18.7 Å². The second-order valence-electron chi connectivity index (χ2n) is 4.52. The molecule has 0 aliphatic rings. The summed E-state index contributed by atoms with van der Waals surface area (Å²) >= 11 is 5.80. The van der Waals surface area contributed by atoms with Crippen molar-refractivity contribution < 1.29 is 13.2 Å². The van der Waals surface area contributed by atoms with E-state index in [0.717, 1.165) is 6.26 Å². The van der Waals surface area contributed by atoms with E-state index in [0.29, 0.717) is 18.0 Å². The number of halogens is 1. The van der Waals surface area contributed by atoms with Gasteiger partial charge in [0.25, 0.3) is 5.91 Å². The Hall–Kier alpha value is -1.07. The van der Waals surface area contributed by atoms with Crippen LogP contribution in [0.1, 0.15) is 24.2 Å². The molecule has 0 saturated heterocycles. The van der Waals surface area contributed by atoms with Crippen LogP contribution >= 0.6 is 11.6 Å². The van der Waals surface area contributed by atoms with E-state index in [1.807, 2.05) is 13.8 Å². The van der Waals surface area contributed by atoms with Crippen LogP contribution in [0.3, 0.4) is 0 Å². The molecular formula is C12H16ClNO3S. The highest BCUT2D eigenvalue weighted by Crippen LogP contribution is 2.22. The van der Waals surface area contributed by atoms with E-state index in [1.165, 1.54) is 18.2 Å². The summed E-state index contributed by atoms with van der Waals surface area (Å²) in [5.41, 5.74) is 0.292. The number of carbonyl (C=O) groups excluding carboxylic acids is 1. The second kappa shape index (κ2) is 5.71. The standard InChI is InChI=1S/C12H16ClNO3S/c1-8(2)7-14-12(15)9-4-5-10(13)11(6-9)18(3,16)17/h4-6,8H,7H2,1-3H3,(H,14,15). The van der Waals surface area contributed by atoms with Gasteiger partial charge in [-0.2, -0.15) is 0 Å². The van der Waals surface area contributed by atoms with Crippen molar-refractivity contribution in [2.24, 2.45) is 5.92 Å². The van der Waals surface area contributed by atoms with Crippen molar-refractivity contribution in [3.05, 3.63) is 28.8 Å². The number of benzene rings is 1. The first-order valence-corrected chi connectivity index (χ1v) is 7.76. The van der Waals surface area contributed by atoms with Gasteiger partial charge in [0.2, 0.25) is 0 Å². The van der Waals surface area contributed by atoms with Gasteiger partial charge < -0.3 is 5.32 Å². The third kappa shape index (κ3) is 3.99. The molecule has 1 aromatic rings. The lowest BCUT2D eigenvalue weighted by atomic mass is 10.2. The van der Waals surface area contributed by atoms with Crippen LogP contribution in [0.2, 0.25) is 5.02 Å². The summed E-state index contributed by atoms with van der Waals surface area (Å²) in [6, 6.07) is 4.22. The van der Waals surface area contributed by atoms with Gasteiger partial charge >= 0.3 is 0 Å². The molecular weight excluding hydrogens is 274 g/mol. The van der Waals surface area contributed by atoms with Crippen molar-refractivity contribution in [1.82, 2.24) is 5.32 Å². The zero-order valence-electron chi connectivity index (χ0n) is 10.5. The van der Waals surface area contributed by atoms with Gasteiger partial charge in [-0.1, -0.05) is 25.4 Å². The molecule has 0 unspecified atom stereocenters. The number of carbonyl (C=O) groups is 1. The molecule has 100 valence electrons. The van der Waals surface area contributed by atoms with Crippen molar-refractivity contribution in [3.8, 4) is 0 Å². The SMILES string of the molecule is CC(C)CNC(=O)c1ccc(Cl)c(S(C)(=O)=O)c1. The molecule has 0 aromatic heterocycles. The summed E-state index contributed by atoms with van der Waals surface area (Å²) in [6.07, 6.45) is 1.06. The monoisotopic (exact) mass is 289 g/mol. The summed E-state index contributed by atoms with van der Waals surface area (Å²) in [6.45, 7) is 4.49. The fourth-order valence-electron chi connectivity index (χ4n) is 1.33. The summed E-state index contributed by atoms with van der Waals surface area (Å²) in [5, 5.41) is 2.84. The molecule has 1 N–H and O–H groups in total.